The maximum Gasteiger partial charge on any atom is 0.242 e. The van der Waals surface area contributed by atoms with Crippen LogP contribution in [0.5, 0.6) is 0 Å². The van der Waals surface area contributed by atoms with E-state index >= 15 is 0 Å². The van der Waals surface area contributed by atoms with Crippen LogP contribution in [0.3, 0.4) is 0 Å². The van der Waals surface area contributed by atoms with Crippen LogP contribution in [0.25, 0.3) is 0 Å². The molecule has 27 heavy (non-hydrogen) atoms. The Morgan fingerprint density at radius 1 is 1.22 bits per heavy atom. The van der Waals surface area contributed by atoms with Crippen molar-refractivity contribution in [2.75, 3.05) is 19.6 Å². The number of hydrogen-bond donors (Lipinski definition) is 0. The lowest BCUT2D eigenvalue weighted by Gasteiger charge is -2.44. The molecule has 0 bridgehead atoms. The first-order valence-electron chi connectivity index (χ1n) is 9.11. The van der Waals surface area contributed by atoms with Gasteiger partial charge in [-0.3, -0.25) is 9.59 Å². The van der Waals surface area contributed by atoms with Crippen molar-refractivity contribution < 1.29 is 14.0 Å². The second-order valence-corrected chi connectivity index (χ2v) is 7.54. The third kappa shape index (κ3) is 3.69. The molecule has 4 rings (SSSR count). The monoisotopic (exact) mass is 386 g/mol. The molecule has 2 aliphatic heterocycles. The number of amides is 2. The summed E-state index contributed by atoms with van der Waals surface area (Å²) in [6.07, 6.45) is 1.52. The van der Waals surface area contributed by atoms with E-state index in [0.717, 1.165) is 17.5 Å². The van der Waals surface area contributed by atoms with Gasteiger partial charge < -0.3 is 9.80 Å². The maximum atomic E-state index is 13.3. The lowest BCUT2D eigenvalue weighted by atomic mass is 9.90. The van der Waals surface area contributed by atoms with Gasteiger partial charge in [-0.15, -0.1) is 0 Å². The summed E-state index contributed by atoms with van der Waals surface area (Å²) in [4.78, 5) is 28.8. The van der Waals surface area contributed by atoms with Crippen molar-refractivity contribution in [2.45, 2.75) is 25.3 Å². The molecule has 140 valence electrons. The predicted octanol–water partition coefficient (Wildman–Crippen LogP) is 3.38. The Labute approximate surface area is 162 Å². The van der Waals surface area contributed by atoms with Gasteiger partial charge in [-0.05, 0) is 53.8 Å². The average Bonchev–Trinajstić information content (AvgIpc) is 2.66. The van der Waals surface area contributed by atoms with Crippen molar-refractivity contribution >= 4 is 23.4 Å². The molecule has 0 spiro atoms. The number of nitrogens with zero attached hydrogens (tertiary/aromatic N) is 2. The molecule has 1 atom stereocenters. The number of aryl methyl sites for hydroxylation is 1. The van der Waals surface area contributed by atoms with E-state index in [4.69, 9.17) is 11.6 Å². The van der Waals surface area contributed by atoms with Gasteiger partial charge in [-0.2, -0.15) is 0 Å². The van der Waals surface area contributed by atoms with E-state index in [9.17, 15) is 14.0 Å². The van der Waals surface area contributed by atoms with E-state index in [1.54, 1.807) is 17.0 Å². The summed E-state index contributed by atoms with van der Waals surface area (Å²) >= 11 is 6.16. The summed E-state index contributed by atoms with van der Waals surface area (Å²) in [6, 6.07) is 11.9. The zero-order valence-electron chi connectivity index (χ0n) is 14.8. The third-order valence-electron chi connectivity index (χ3n) is 5.37. The molecule has 0 N–H and O–H groups in total. The Bertz CT molecular complexity index is 902. The first-order chi connectivity index (χ1) is 13.0. The van der Waals surface area contributed by atoms with Gasteiger partial charge in [0.05, 0.1) is 12.6 Å². The normalized spacial score (nSPS) is 18.9. The maximum absolute atomic E-state index is 13.3. The Morgan fingerprint density at radius 3 is 2.89 bits per heavy atom. The molecule has 2 aromatic rings. The molecular weight excluding hydrogens is 367 g/mol. The zero-order chi connectivity index (χ0) is 19.0. The average molecular weight is 387 g/mol. The highest BCUT2D eigenvalue weighted by molar-refractivity contribution is 6.30. The summed E-state index contributed by atoms with van der Waals surface area (Å²) in [7, 11) is 0. The minimum Gasteiger partial charge on any atom is -0.332 e. The van der Waals surface area contributed by atoms with Crippen LogP contribution in [0.2, 0.25) is 5.02 Å². The Balaban J connectivity index is 1.49. The summed E-state index contributed by atoms with van der Waals surface area (Å²) in [5, 5.41) is 0.637. The highest BCUT2D eigenvalue weighted by Gasteiger charge is 2.38. The zero-order valence-corrected chi connectivity index (χ0v) is 15.6. The minimum absolute atomic E-state index is 0.0315. The molecule has 6 heteroatoms. The molecule has 0 aromatic heterocycles. The lowest BCUT2D eigenvalue weighted by molar-refractivity contribution is -0.149. The SMILES string of the molecule is O=C(CCc1cccc(F)c1)N1CC(=O)N2CCc3ccc(Cl)cc3C2C1. The summed E-state index contributed by atoms with van der Waals surface area (Å²) in [5.41, 5.74) is 3.00. The third-order valence-corrected chi connectivity index (χ3v) is 5.61. The van der Waals surface area contributed by atoms with Crippen LogP contribution in [0, 0.1) is 5.82 Å². The fourth-order valence-electron chi connectivity index (χ4n) is 3.98. The number of halogens is 2. The highest BCUT2D eigenvalue weighted by atomic mass is 35.5. The second-order valence-electron chi connectivity index (χ2n) is 7.10. The molecule has 2 amide bonds. The Kier molecular flexibility index (Phi) is 4.87. The molecule has 1 saturated heterocycles. The van der Waals surface area contributed by atoms with Gasteiger partial charge in [0.25, 0.3) is 0 Å². The first-order valence-corrected chi connectivity index (χ1v) is 9.49. The second kappa shape index (κ2) is 7.31. The van der Waals surface area contributed by atoms with Crippen LogP contribution < -0.4 is 0 Å². The Hall–Kier alpha value is -2.40. The quantitative estimate of drug-likeness (QED) is 0.811. The van der Waals surface area contributed by atoms with Gasteiger partial charge in [-0.25, -0.2) is 4.39 Å². The van der Waals surface area contributed by atoms with Gasteiger partial charge in [-0.1, -0.05) is 29.8 Å². The topological polar surface area (TPSA) is 40.6 Å². The van der Waals surface area contributed by atoms with Gasteiger partial charge in [0, 0.05) is 24.5 Å². The molecular formula is C21H20ClFN2O2. The van der Waals surface area contributed by atoms with Crippen molar-refractivity contribution in [1.29, 1.82) is 0 Å². The smallest absolute Gasteiger partial charge is 0.242 e. The molecule has 0 saturated carbocycles. The number of fused-ring (bicyclic) bond motifs is 3. The molecule has 2 aliphatic rings. The predicted molar refractivity (Wildman–Crippen MR) is 101 cm³/mol. The van der Waals surface area contributed by atoms with Crippen molar-refractivity contribution in [2.24, 2.45) is 0 Å². The lowest BCUT2D eigenvalue weighted by Crippen LogP contribution is -2.55. The summed E-state index contributed by atoms with van der Waals surface area (Å²) in [6.45, 7) is 1.25. The van der Waals surface area contributed by atoms with Crippen LogP contribution in [0.4, 0.5) is 4.39 Å². The minimum atomic E-state index is -0.306. The van der Waals surface area contributed by atoms with E-state index in [1.165, 1.54) is 17.7 Å². The van der Waals surface area contributed by atoms with E-state index in [-0.39, 0.29) is 36.6 Å². The summed E-state index contributed by atoms with van der Waals surface area (Å²) in [5.74, 6) is -0.420. The number of carbonyl (C=O) groups is 2. The van der Waals surface area contributed by atoms with Gasteiger partial charge >= 0.3 is 0 Å². The molecule has 0 radical (unpaired) electrons. The molecule has 1 unspecified atom stereocenters. The van der Waals surface area contributed by atoms with Crippen LogP contribution >= 0.6 is 11.6 Å². The number of rotatable bonds is 3. The number of carbonyl (C=O) groups excluding carboxylic acids is 2. The van der Waals surface area contributed by atoms with Crippen LogP contribution in [0.1, 0.15) is 29.2 Å². The Morgan fingerprint density at radius 2 is 2.07 bits per heavy atom. The molecule has 2 aromatic carbocycles. The highest BCUT2D eigenvalue weighted by Crippen LogP contribution is 2.34. The molecule has 1 fully saturated rings. The summed E-state index contributed by atoms with van der Waals surface area (Å²) < 4.78 is 13.3. The largest absolute Gasteiger partial charge is 0.332 e. The molecule has 4 nitrogen and oxygen atoms in total. The van der Waals surface area contributed by atoms with Gasteiger partial charge in [0.1, 0.15) is 5.82 Å². The fourth-order valence-corrected chi connectivity index (χ4v) is 4.16. The van der Waals surface area contributed by atoms with E-state index in [2.05, 4.69) is 0 Å². The van der Waals surface area contributed by atoms with Crippen LogP contribution in [-0.2, 0) is 22.4 Å². The van der Waals surface area contributed by atoms with Crippen molar-refractivity contribution in [3.05, 3.63) is 70.0 Å². The molecule has 0 aliphatic carbocycles. The number of piperazine rings is 1. The van der Waals surface area contributed by atoms with Crippen molar-refractivity contribution in [1.82, 2.24) is 9.80 Å². The van der Waals surface area contributed by atoms with Gasteiger partial charge in [0.15, 0.2) is 0 Å². The molecule has 2 heterocycles. The van der Waals surface area contributed by atoms with Gasteiger partial charge in [0.2, 0.25) is 11.8 Å². The van der Waals surface area contributed by atoms with Crippen LogP contribution in [-0.4, -0.2) is 41.2 Å². The number of hydrogen-bond acceptors (Lipinski definition) is 2. The van der Waals surface area contributed by atoms with E-state index in [0.29, 0.717) is 24.5 Å². The van der Waals surface area contributed by atoms with Crippen molar-refractivity contribution in [3.63, 3.8) is 0 Å². The standard InChI is InChI=1S/C21H20ClFN2O2/c22-16-6-5-15-8-9-25-19(18(15)11-16)12-24(13-21(25)27)20(26)7-4-14-2-1-3-17(23)10-14/h1-3,5-6,10-11,19H,4,7-9,12-13H2. The number of benzene rings is 2. The van der Waals surface area contributed by atoms with Crippen LogP contribution in [0.15, 0.2) is 42.5 Å². The first kappa shape index (κ1) is 18.0. The van der Waals surface area contributed by atoms with Crippen molar-refractivity contribution in [3.8, 4) is 0 Å². The van der Waals surface area contributed by atoms with E-state index in [1.807, 2.05) is 23.1 Å². The van der Waals surface area contributed by atoms with E-state index < -0.39 is 0 Å². The fraction of sp³-hybridized carbons (Fsp3) is 0.333.